The summed E-state index contributed by atoms with van der Waals surface area (Å²) in [5.41, 5.74) is 7.77. The number of aromatic carboxylic acids is 1. The van der Waals surface area contributed by atoms with E-state index in [1.54, 1.807) is 24.3 Å². The molecule has 2 aromatic heterocycles. The Kier molecular flexibility index (Phi) is 3.64. The monoisotopic (exact) mass is 315 g/mol. The maximum absolute atomic E-state index is 10.8. The van der Waals surface area contributed by atoms with E-state index in [-0.39, 0.29) is 17.4 Å². The fourth-order valence-corrected chi connectivity index (χ4v) is 3.25. The van der Waals surface area contributed by atoms with Crippen LogP contribution in [-0.2, 0) is 12.8 Å². The average molecular weight is 315 g/mol. The molecule has 0 unspecified atom stereocenters. The minimum Gasteiger partial charge on any atom is -0.493 e. The van der Waals surface area contributed by atoms with Gasteiger partial charge in [0.1, 0.15) is 4.83 Å². The minimum atomic E-state index is -0.935. The quantitative estimate of drug-likeness (QED) is 0.682. The molecular formula is C15H13N3O3S. The molecule has 0 aliphatic rings. The summed E-state index contributed by atoms with van der Waals surface area (Å²) in [5.74, 6) is -0.974. The van der Waals surface area contributed by atoms with Crippen molar-refractivity contribution in [3.8, 4) is 5.88 Å². The van der Waals surface area contributed by atoms with Crippen LogP contribution >= 0.6 is 11.3 Å². The first kappa shape index (κ1) is 14.3. The van der Waals surface area contributed by atoms with Crippen molar-refractivity contribution >= 4 is 33.5 Å². The van der Waals surface area contributed by atoms with Crippen LogP contribution in [0.3, 0.4) is 0 Å². The zero-order valence-electron chi connectivity index (χ0n) is 11.5. The van der Waals surface area contributed by atoms with Gasteiger partial charge in [-0.2, -0.15) is 4.98 Å². The Bertz CT molecular complexity index is 843. The molecule has 0 atom stereocenters. The van der Waals surface area contributed by atoms with Gasteiger partial charge in [0, 0.05) is 0 Å². The van der Waals surface area contributed by atoms with E-state index in [0.29, 0.717) is 16.6 Å². The molecule has 1 aromatic carbocycles. The highest BCUT2D eigenvalue weighted by atomic mass is 32.1. The largest absolute Gasteiger partial charge is 0.493 e. The fraction of sp³-hybridized carbons (Fsp3) is 0.133. The zero-order valence-corrected chi connectivity index (χ0v) is 12.3. The Morgan fingerprint density at radius 3 is 2.59 bits per heavy atom. The van der Waals surface area contributed by atoms with E-state index in [2.05, 4.69) is 9.97 Å². The van der Waals surface area contributed by atoms with Crippen LogP contribution in [0.2, 0.25) is 0 Å². The number of rotatable bonds is 4. The van der Waals surface area contributed by atoms with Crippen molar-refractivity contribution < 1.29 is 15.0 Å². The smallest absolute Gasteiger partial charge is 0.335 e. The Balaban J connectivity index is 1.80. The van der Waals surface area contributed by atoms with Crippen molar-refractivity contribution in [1.29, 1.82) is 0 Å². The number of hydrogen-bond acceptors (Lipinski definition) is 6. The molecule has 0 spiro atoms. The summed E-state index contributed by atoms with van der Waals surface area (Å²) in [4.78, 5) is 19.4. The molecule has 3 aromatic rings. The van der Waals surface area contributed by atoms with Gasteiger partial charge in [-0.3, -0.25) is 0 Å². The van der Waals surface area contributed by atoms with Crippen LogP contribution in [0.5, 0.6) is 5.88 Å². The van der Waals surface area contributed by atoms with E-state index in [4.69, 9.17) is 10.8 Å². The van der Waals surface area contributed by atoms with Crippen molar-refractivity contribution in [3.05, 3.63) is 46.3 Å². The molecule has 6 nitrogen and oxygen atoms in total. The van der Waals surface area contributed by atoms with E-state index in [0.717, 1.165) is 17.5 Å². The molecule has 0 aliphatic carbocycles. The van der Waals surface area contributed by atoms with Crippen molar-refractivity contribution in [2.45, 2.75) is 12.8 Å². The van der Waals surface area contributed by atoms with Gasteiger partial charge in [0.2, 0.25) is 11.8 Å². The van der Waals surface area contributed by atoms with Gasteiger partial charge < -0.3 is 15.9 Å². The highest BCUT2D eigenvalue weighted by Gasteiger charge is 2.12. The first-order valence-electron chi connectivity index (χ1n) is 6.59. The lowest BCUT2D eigenvalue weighted by Gasteiger charge is -2.03. The second kappa shape index (κ2) is 5.61. The van der Waals surface area contributed by atoms with Crippen molar-refractivity contribution in [3.63, 3.8) is 0 Å². The Morgan fingerprint density at radius 2 is 1.91 bits per heavy atom. The predicted octanol–water partition coefficient (Wildman–Crippen LogP) is 2.46. The molecule has 4 N–H and O–H groups in total. The maximum Gasteiger partial charge on any atom is 0.335 e. The van der Waals surface area contributed by atoms with Gasteiger partial charge in [-0.1, -0.05) is 12.1 Å². The average Bonchev–Trinajstić information content (AvgIpc) is 2.88. The summed E-state index contributed by atoms with van der Waals surface area (Å²) >= 11 is 1.41. The molecule has 0 fully saturated rings. The third kappa shape index (κ3) is 2.71. The number of aryl methyl sites for hydroxylation is 2. The van der Waals surface area contributed by atoms with Gasteiger partial charge in [0.05, 0.1) is 10.9 Å². The van der Waals surface area contributed by atoms with Crippen LogP contribution in [-0.4, -0.2) is 26.2 Å². The lowest BCUT2D eigenvalue weighted by molar-refractivity contribution is 0.0697. The fourth-order valence-electron chi connectivity index (χ4n) is 2.27. The summed E-state index contributed by atoms with van der Waals surface area (Å²) in [7, 11) is 0. The molecule has 0 bridgehead atoms. The van der Waals surface area contributed by atoms with Gasteiger partial charge in [-0.05, 0) is 41.5 Å². The molecule has 0 aliphatic heterocycles. The third-order valence-corrected chi connectivity index (χ3v) is 4.31. The van der Waals surface area contributed by atoms with Crippen LogP contribution in [0.1, 0.15) is 21.5 Å². The van der Waals surface area contributed by atoms with Gasteiger partial charge in [-0.25, -0.2) is 9.78 Å². The number of nitrogens with zero attached hydrogens (tertiary/aromatic N) is 2. The van der Waals surface area contributed by atoms with E-state index < -0.39 is 5.97 Å². The number of nitrogens with two attached hydrogens (primary N) is 1. The van der Waals surface area contributed by atoms with Gasteiger partial charge >= 0.3 is 5.97 Å². The Hall–Kier alpha value is -2.67. The van der Waals surface area contributed by atoms with Crippen molar-refractivity contribution in [2.75, 3.05) is 5.73 Å². The Labute approximate surface area is 129 Å². The van der Waals surface area contributed by atoms with Gasteiger partial charge in [0.25, 0.3) is 0 Å². The number of thiophene rings is 1. The number of aromatic nitrogens is 2. The first-order valence-corrected chi connectivity index (χ1v) is 7.47. The molecule has 3 rings (SSSR count). The molecule has 22 heavy (non-hydrogen) atoms. The van der Waals surface area contributed by atoms with Crippen LogP contribution in [0, 0.1) is 0 Å². The normalized spacial score (nSPS) is 10.9. The van der Waals surface area contributed by atoms with Crippen LogP contribution < -0.4 is 5.73 Å². The standard InChI is InChI=1S/C15H13N3O3S/c16-15-17-12(19)11-10(7-22-13(11)18-15)6-3-8-1-4-9(5-2-8)14(20)21/h1-2,4-5,7H,3,6H2,(H,20,21)(H3,16,17,18,19). The molecule has 0 saturated carbocycles. The lowest BCUT2D eigenvalue weighted by Crippen LogP contribution is -1.97. The molecule has 0 radical (unpaired) electrons. The second-order valence-electron chi connectivity index (χ2n) is 4.85. The van der Waals surface area contributed by atoms with Crippen LogP contribution in [0.4, 0.5) is 5.95 Å². The predicted molar refractivity (Wildman–Crippen MR) is 84.3 cm³/mol. The van der Waals surface area contributed by atoms with Crippen molar-refractivity contribution in [1.82, 2.24) is 9.97 Å². The summed E-state index contributed by atoms with van der Waals surface area (Å²) in [6, 6.07) is 6.77. The topological polar surface area (TPSA) is 109 Å². The Morgan fingerprint density at radius 1 is 1.18 bits per heavy atom. The molecular weight excluding hydrogens is 302 g/mol. The summed E-state index contributed by atoms with van der Waals surface area (Å²) in [6.45, 7) is 0. The summed E-state index contributed by atoms with van der Waals surface area (Å²) < 4.78 is 0. The molecule has 7 heteroatoms. The van der Waals surface area contributed by atoms with Crippen LogP contribution in [0.15, 0.2) is 29.6 Å². The first-order chi connectivity index (χ1) is 10.5. The number of anilines is 1. The molecule has 0 saturated heterocycles. The van der Waals surface area contributed by atoms with E-state index in [9.17, 15) is 9.90 Å². The SMILES string of the molecule is Nc1nc(O)c2c(CCc3ccc(C(=O)O)cc3)csc2n1. The van der Waals surface area contributed by atoms with E-state index >= 15 is 0 Å². The number of fused-ring (bicyclic) bond motifs is 1. The van der Waals surface area contributed by atoms with E-state index in [1.807, 2.05) is 5.38 Å². The van der Waals surface area contributed by atoms with E-state index in [1.165, 1.54) is 11.3 Å². The molecule has 0 amide bonds. The highest BCUT2D eigenvalue weighted by Crippen LogP contribution is 2.31. The number of aromatic hydroxyl groups is 1. The highest BCUT2D eigenvalue weighted by molar-refractivity contribution is 7.17. The van der Waals surface area contributed by atoms with Gasteiger partial charge in [-0.15, -0.1) is 11.3 Å². The maximum atomic E-state index is 10.8. The number of hydrogen-bond donors (Lipinski definition) is 3. The van der Waals surface area contributed by atoms with Crippen molar-refractivity contribution in [2.24, 2.45) is 0 Å². The zero-order chi connectivity index (χ0) is 15.7. The number of carboxylic acids is 1. The number of carbonyl (C=O) groups is 1. The number of nitrogen functional groups attached to an aromatic ring is 1. The lowest BCUT2D eigenvalue weighted by atomic mass is 10.0. The van der Waals surface area contributed by atoms with Crippen LogP contribution in [0.25, 0.3) is 10.2 Å². The molecule has 2 heterocycles. The third-order valence-electron chi connectivity index (χ3n) is 3.39. The van der Waals surface area contributed by atoms with Gasteiger partial charge in [0.15, 0.2) is 0 Å². The summed E-state index contributed by atoms with van der Waals surface area (Å²) in [5, 5.41) is 21.4. The number of benzene rings is 1. The minimum absolute atomic E-state index is 0.0580. The summed E-state index contributed by atoms with van der Waals surface area (Å²) in [6.07, 6.45) is 1.43. The molecule has 112 valence electrons. The number of carboxylic acid groups (broad SMARTS) is 1. The second-order valence-corrected chi connectivity index (χ2v) is 5.71.